The van der Waals surface area contributed by atoms with Crippen molar-refractivity contribution in [2.24, 2.45) is 0 Å². The van der Waals surface area contributed by atoms with Crippen molar-refractivity contribution in [3.63, 3.8) is 0 Å². The number of amides is 2. The molecule has 2 amide bonds. The van der Waals surface area contributed by atoms with Gasteiger partial charge in [-0.15, -0.1) is 0 Å². The maximum absolute atomic E-state index is 13.7. The molecule has 0 unspecified atom stereocenters. The van der Waals surface area contributed by atoms with Gasteiger partial charge in [-0.2, -0.15) is 0 Å². The summed E-state index contributed by atoms with van der Waals surface area (Å²) in [5.74, 6) is -0.429. The van der Waals surface area contributed by atoms with Crippen molar-refractivity contribution < 1.29 is 14.3 Å². The maximum Gasteiger partial charge on any atom is 0.337 e. The number of urea groups is 1. The normalized spacial score (nSPS) is 14.5. The number of ether oxygens (including phenoxy) is 1. The first-order valence-corrected chi connectivity index (χ1v) is 11.2. The minimum atomic E-state index is -0.429. The van der Waals surface area contributed by atoms with E-state index in [1.54, 1.807) is 29.2 Å². The number of halogens is 1. The number of hydrogen-bond acceptors (Lipinski definition) is 3. The zero-order chi connectivity index (χ0) is 23.7. The van der Waals surface area contributed by atoms with E-state index in [0.29, 0.717) is 22.8 Å². The Morgan fingerprint density at radius 1 is 0.941 bits per heavy atom. The van der Waals surface area contributed by atoms with E-state index >= 15 is 0 Å². The van der Waals surface area contributed by atoms with Crippen LogP contribution in [-0.2, 0) is 11.3 Å². The third-order valence-electron chi connectivity index (χ3n) is 5.98. The van der Waals surface area contributed by atoms with E-state index < -0.39 is 12.0 Å². The summed E-state index contributed by atoms with van der Waals surface area (Å²) in [6.07, 6.45) is 2.00. The number of nitrogens with one attached hydrogen (secondary N) is 1. The summed E-state index contributed by atoms with van der Waals surface area (Å²) >= 11 is 6.64. The van der Waals surface area contributed by atoms with E-state index in [1.807, 2.05) is 60.8 Å². The van der Waals surface area contributed by atoms with Gasteiger partial charge in [-0.3, -0.25) is 0 Å². The number of para-hydroxylation sites is 1. The smallest absolute Gasteiger partial charge is 0.337 e. The molecule has 1 aliphatic rings. The highest BCUT2D eigenvalue weighted by molar-refractivity contribution is 6.31. The summed E-state index contributed by atoms with van der Waals surface area (Å²) in [5.41, 5.74) is 4.81. The highest BCUT2D eigenvalue weighted by atomic mass is 35.5. The lowest BCUT2D eigenvalue weighted by molar-refractivity contribution is 0.0600. The second-order valence-electron chi connectivity index (χ2n) is 7.98. The lowest BCUT2D eigenvalue weighted by atomic mass is 10.0. The molecule has 2 heterocycles. The number of hydrogen-bond donors (Lipinski definition) is 1. The number of nitrogens with zero attached hydrogens (tertiary/aromatic N) is 2. The van der Waals surface area contributed by atoms with Crippen LogP contribution in [0, 0.1) is 0 Å². The Kier molecular flexibility index (Phi) is 5.82. The topological polar surface area (TPSA) is 63.6 Å². The van der Waals surface area contributed by atoms with Crippen molar-refractivity contribution in [2.45, 2.75) is 12.6 Å². The molecule has 0 bridgehead atoms. The van der Waals surface area contributed by atoms with Gasteiger partial charge in [0.15, 0.2) is 0 Å². The molecule has 1 atom stereocenters. The second kappa shape index (κ2) is 9.08. The van der Waals surface area contributed by atoms with Gasteiger partial charge in [0, 0.05) is 16.9 Å². The summed E-state index contributed by atoms with van der Waals surface area (Å²) in [6.45, 7) is 0.389. The zero-order valence-electron chi connectivity index (χ0n) is 18.4. The SMILES string of the molecule is COC(=O)c1ccc(NC(=O)N2Cc3ccccc3-n3cccc3[C@H]2c2ccccc2Cl)cc1. The summed E-state index contributed by atoms with van der Waals surface area (Å²) < 4.78 is 6.86. The fourth-order valence-electron chi connectivity index (χ4n) is 4.37. The molecule has 5 rings (SSSR count). The average Bonchev–Trinajstić information content (AvgIpc) is 3.29. The molecule has 1 aromatic heterocycles. The average molecular weight is 472 g/mol. The number of benzene rings is 3. The Hall–Kier alpha value is -4.03. The highest BCUT2D eigenvalue weighted by Crippen LogP contribution is 2.39. The lowest BCUT2D eigenvalue weighted by Crippen LogP contribution is -2.38. The molecule has 1 N–H and O–H groups in total. The van der Waals surface area contributed by atoms with Crippen molar-refractivity contribution >= 4 is 29.3 Å². The van der Waals surface area contributed by atoms with Gasteiger partial charge in [-0.1, -0.05) is 48.0 Å². The second-order valence-corrected chi connectivity index (χ2v) is 8.39. The Bertz CT molecular complexity index is 1360. The van der Waals surface area contributed by atoms with Gasteiger partial charge >= 0.3 is 12.0 Å². The van der Waals surface area contributed by atoms with E-state index in [2.05, 4.69) is 16.0 Å². The van der Waals surface area contributed by atoms with Gasteiger partial charge in [-0.05, 0) is 59.7 Å². The summed E-state index contributed by atoms with van der Waals surface area (Å²) in [4.78, 5) is 27.2. The molecule has 0 fully saturated rings. The van der Waals surface area contributed by atoms with Crippen LogP contribution in [0.5, 0.6) is 0 Å². The molecule has 0 saturated heterocycles. The van der Waals surface area contributed by atoms with Gasteiger partial charge in [0.2, 0.25) is 0 Å². The van der Waals surface area contributed by atoms with Crippen LogP contribution in [0.3, 0.4) is 0 Å². The molecule has 1 aliphatic heterocycles. The number of carbonyl (C=O) groups is 2. The van der Waals surface area contributed by atoms with Crippen molar-refractivity contribution in [3.8, 4) is 5.69 Å². The van der Waals surface area contributed by atoms with Crippen molar-refractivity contribution in [1.29, 1.82) is 0 Å². The number of fused-ring (bicyclic) bond motifs is 3. The molecule has 4 aromatic rings. The van der Waals surface area contributed by atoms with Crippen LogP contribution in [-0.4, -0.2) is 28.6 Å². The first kappa shape index (κ1) is 21.8. The third kappa shape index (κ3) is 3.93. The van der Waals surface area contributed by atoms with Gasteiger partial charge < -0.3 is 19.5 Å². The lowest BCUT2D eigenvalue weighted by Gasteiger charge is -2.31. The summed E-state index contributed by atoms with van der Waals surface area (Å²) in [6, 6.07) is 25.5. The Balaban J connectivity index is 1.57. The Morgan fingerprint density at radius 3 is 2.44 bits per heavy atom. The predicted molar refractivity (Wildman–Crippen MR) is 131 cm³/mol. The van der Waals surface area contributed by atoms with Crippen LogP contribution >= 0.6 is 11.6 Å². The summed E-state index contributed by atoms with van der Waals surface area (Å²) in [7, 11) is 1.33. The number of aromatic nitrogens is 1. The molecule has 0 aliphatic carbocycles. The van der Waals surface area contributed by atoms with Crippen LogP contribution in [0.25, 0.3) is 5.69 Å². The first-order valence-electron chi connectivity index (χ1n) is 10.8. The van der Waals surface area contributed by atoms with Crippen LogP contribution in [0.1, 0.15) is 33.2 Å². The Morgan fingerprint density at radius 2 is 1.68 bits per heavy atom. The number of anilines is 1. The van der Waals surface area contributed by atoms with E-state index in [9.17, 15) is 9.59 Å². The molecule has 3 aromatic carbocycles. The number of carbonyl (C=O) groups excluding carboxylic acids is 2. The van der Waals surface area contributed by atoms with Crippen molar-refractivity contribution in [3.05, 3.63) is 119 Å². The number of methoxy groups -OCH3 is 1. The minimum Gasteiger partial charge on any atom is -0.465 e. The molecular formula is C27H22ClN3O3. The third-order valence-corrected chi connectivity index (χ3v) is 6.33. The first-order chi connectivity index (χ1) is 16.6. The fraction of sp³-hybridized carbons (Fsp3) is 0.111. The van der Waals surface area contributed by atoms with Gasteiger partial charge in [0.25, 0.3) is 0 Å². The molecule has 34 heavy (non-hydrogen) atoms. The van der Waals surface area contributed by atoms with Crippen molar-refractivity contribution in [2.75, 3.05) is 12.4 Å². The Labute approximate surface area is 202 Å². The number of rotatable bonds is 3. The van der Waals surface area contributed by atoms with Crippen LogP contribution < -0.4 is 5.32 Å². The zero-order valence-corrected chi connectivity index (χ0v) is 19.2. The summed E-state index contributed by atoms with van der Waals surface area (Å²) in [5, 5.41) is 3.57. The molecule has 170 valence electrons. The van der Waals surface area contributed by atoms with Crippen LogP contribution in [0.15, 0.2) is 91.1 Å². The molecule has 0 radical (unpaired) electrons. The van der Waals surface area contributed by atoms with Gasteiger partial charge in [0.1, 0.15) is 6.04 Å². The monoisotopic (exact) mass is 471 g/mol. The fourth-order valence-corrected chi connectivity index (χ4v) is 4.61. The molecular weight excluding hydrogens is 450 g/mol. The molecule has 0 saturated carbocycles. The molecule has 0 spiro atoms. The van der Waals surface area contributed by atoms with E-state index in [-0.39, 0.29) is 6.03 Å². The van der Waals surface area contributed by atoms with E-state index in [1.165, 1.54) is 7.11 Å². The molecule has 6 nitrogen and oxygen atoms in total. The quantitative estimate of drug-likeness (QED) is 0.370. The predicted octanol–water partition coefficient (Wildman–Crippen LogP) is 6.05. The standard InChI is InChI=1S/C27H22ClN3O3/c1-34-26(32)18-12-14-20(15-13-18)29-27(33)31-17-19-7-2-5-10-23(19)30-16-6-11-24(30)25(31)21-8-3-4-9-22(21)28/h2-16,25H,17H2,1H3,(H,29,33)/t25-/m1/s1. The molecule has 7 heteroatoms. The van der Waals surface area contributed by atoms with Gasteiger partial charge in [0.05, 0.1) is 30.6 Å². The van der Waals surface area contributed by atoms with E-state index in [0.717, 1.165) is 22.5 Å². The van der Waals surface area contributed by atoms with Crippen LogP contribution in [0.2, 0.25) is 5.02 Å². The minimum absolute atomic E-state index is 0.278. The highest BCUT2D eigenvalue weighted by Gasteiger charge is 2.34. The van der Waals surface area contributed by atoms with E-state index in [4.69, 9.17) is 16.3 Å². The maximum atomic E-state index is 13.7. The van der Waals surface area contributed by atoms with Crippen molar-refractivity contribution in [1.82, 2.24) is 9.47 Å². The largest absolute Gasteiger partial charge is 0.465 e. The van der Waals surface area contributed by atoms with Crippen LogP contribution in [0.4, 0.5) is 10.5 Å². The van der Waals surface area contributed by atoms with Gasteiger partial charge in [-0.25, -0.2) is 9.59 Å². The number of esters is 1.